The van der Waals surface area contributed by atoms with Gasteiger partial charge >= 0.3 is 0 Å². The van der Waals surface area contributed by atoms with Gasteiger partial charge in [-0.05, 0) is 37.3 Å². The highest BCUT2D eigenvalue weighted by Crippen LogP contribution is 2.28. The average molecular weight is 428 g/mol. The quantitative estimate of drug-likeness (QED) is 0.447. The fraction of sp³-hybridized carbons (Fsp3) is 0.240. The lowest BCUT2D eigenvalue weighted by molar-refractivity contribution is 0.245. The third-order valence-electron chi connectivity index (χ3n) is 5.57. The van der Waals surface area contributed by atoms with Crippen LogP contribution < -0.4 is 9.64 Å². The summed E-state index contributed by atoms with van der Waals surface area (Å²) >= 11 is 0. The summed E-state index contributed by atoms with van der Waals surface area (Å²) in [6, 6.07) is 17.6. The Morgan fingerprint density at radius 2 is 1.75 bits per heavy atom. The number of rotatable bonds is 6. The van der Waals surface area contributed by atoms with Gasteiger partial charge in [0.25, 0.3) is 0 Å². The van der Waals surface area contributed by atoms with Gasteiger partial charge in [0, 0.05) is 50.7 Å². The second kappa shape index (κ2) is 9.20. The molecule has 1 fully saturated rings. The number of ether oxygens (including phenoxy) is 1. The molecule has 0 spiro atoms. The molecule has 0 amide bonds. The van der Waals surface area contributed by atoms with Crippen molar-refractivity contribution in [3.8, 4) is 23.0 Å². The van der Waals surface area contributed by atoms with E-state index in [2.05, 4.69) is 19.8 Å². The molecule has 0 saturated carbocycles. The minimum Gasteiger partial charge on any atom is -0.457 e. The first-order chi connectivity index (χ1) is 15.7. The third kappa shape index (κ3) is 4.63. The van der Waals surface area contributed by atoms with Gasteiger partial charge in [0.05, 0.1) is 11.9 Å². The zero-order valence-electron chi connectivity index (χ0n) is 18.0. The molecule has 4 aromatic rings. The Kier molecular flexibility index (Phi) is 5.81. The molecule has 3 heterocycles. The van der Waals surface area contributed by atoms with Crippen molar-refractivity contribution in [3.05, 3.63) is 84.6 Å². The van der Waals surface area contributed by atoms with E-state index in [1.807, 2.05) is 67.7 Å². The molecule has 7 nitrogen and oxygen atoms in total. The molecule has 0 atom stereocenters. The second-order valence-corrected chi connectivity index (χ2v) is 7.79. The van der Waals surface area contributed by atoms with E-state index in [1.165, 1.54) is 0 Å². The zero-order valence-corrected chi connectivity index (χ0v) is 18.0. The minimum atomic E-state index is 0.620. The normalized spacial score (nSPS) is 14.5. The number of aromatic nitrogens is 3. The maximum Gasteiger partial charge on any atom is 0.226 e. The molecule has 1 saturated heterocycles. The van der Waals surface area contributed by atoms with Gasteiger partial charge in [0.2, 0.25) is 5.89 Å². The second-order valence-electron chi connectivity index (χ2n) is 7.79. The molecule has 0 N–H and O–H groups in total. The van der Waals surface area contributed by atoms with Gasteiger partial charge in [-0.3, -0.25) is 9.88 Å². The Labute approximate surface area is 187 Å². The highest BCUT2D eigenvalue weighted by molar-refractivity contribution is 5.57. The molecule has 1 aliphatic rings. The maximum atomic E-state index is 6.02. The van der Waals surface area contributed by atoms with E-state index in [-0.39, 0.29) is 0 Å². The Morgan fingerprint density at radius 3 is 2.53 bits per heavy atom. The SMILES string of the molecule is Cc1oc(-c2cccc(Oc3ccccc3)c2)nc1CN1CCN(c2cnccn2)CC1. The summed E-state index contributed by atoms with van der Waals surface area (Å²) in [5, 5.41) is 0. The van der Waals surface area contributed by atoms with E-state index in [0.29, 0.717) is 5.89 Å². The molecule has 0 unspecified atom stereocenters. The van der Waals surface area contributed by atoms with Crippen LogP contribution in [0.4, 0.5) is 5.82 Å². The Bertz CT molecular complexity index is 1160. The summed E-state index contributed by atoms with van der Waals surface area (Å²) in [6.45, 7) is 6.47. The minimum absolute atomic E-state index is 0.620. The molecular formula is C25H25N5O2. The number of oxazole rings is 1. The van der Waals surface area contributed by atoms with Crippen molar-refractivity contribution in [1.82, 2.24) is 19.9 Å². The van der Waals surface area contributed by atoms with E-state index in [0.717, 1.165) is 67.1 Å². The van der Waals surface area contributed by atoms with E-state index < -0.39 is 0 Å². The van der Waals surface area contributed by atoms with Crippen LogP contribution >= 0.6 is 0 Å². The van der Waals surface area contributed by atoms with Crippen molar-refractivity contribution in [1.29, 1.82) is 0 Å². The van der Waals surface area contributed by atoms with Crippen LogP contribution in [0.15, 0.2) is 77.6 Å². The number of nitrogens with zero attached hydrogens (tertiary/aromatic N) is 5. The number of aryl methyl sites for hydroxylation is 1. The Balaban J connectivity index is 1.24. The molecule has 0 bridgehead atoms. The summed E-state index contributed by atoms with van der Waals surface area (Å²) in [5.74, 6) is 3.96. The molecule has 2 aromatic heterocycles. The smallest absolute Gasteiger partial charge is 0.226 e. The topological polar surface area (TPSA) is 67.5 Å². The number of hydrogen-bond donors (Lipinski definition) is 0. The number of benzene rings is 2. The molecule has 2 aromatic carbocycles. The molecule has 0 radical (unpaired) electrons. The van der Waals surface area contributed by atoms with Gasteiger partial charge in [0.1, 0.15) is 23.1 Å². The fourth-order valence-electron chi connectivity index (χ4n) is 3.82. The predicted molar refractivity (Wildman–Crippen MR) is 123 cm³/mol. The van der Waals surface area contributed by atoms with Crippen LogP contribution in [0.1, 0.15) is 11.5 Å². The lowest BCUT2D eigenvalue weighted by atomic mass is 10.2. The third-order valence-corrected chi connectivity index (χ3v) is 5.57. The molecule has 7 heteroatoms. The summed E-state index contributed by atoms with van der Waals surface area (Å²) < 4.78 is 12.0. The highest BCUT2D eigenvalue weighted by atomic mass is 16.5. The molecule has 5 rings (SSSR count). The van der Waals surface area contributed by atoms with Crippen molar-refractivity contribution >= 4 is 5.82 Å². The van der Waals surface area contributed by atoms with E-state index in [1.54, 1.807) is 12.4 Å². The van der Waals surface area contributed by atoms with Gasteiger partial charge in [0.15, 0.2) is 0 Å². The highest BCUT2D eigenvalue weighted by Gasteiger charge is 2.21. The lowest BCUT2D eigenvalue weighted by Crippen LogP contribution is -2.46. The Hall–Kier alpha value is -3.71. The molecule has 32 heavy (non-hydrogen) atoms. The van der Waals surface area contributed by atoms with Crippen LogP contribution in [0.3, 0.4) is 0 Å². The fourth-order valence-corrected chi connectivity index (χ4v) is 3.82. The van der Waals surface area contributed by atoms with Crippen LogP contribution in [0.25, 0.3) is 11.5 Å². The lowest BCUT2D eigenvalue weighted by Gasteiger charge is -2.34. The van der Waals surface area contributed by atoms with Crippen molar-refractivity contribution < 1.29 is 9.15 Å². The number of para-hydroxylation sites is 1. The largest absolute Gasteiger partial charge is 0.457 e. The summed E-state index contributed by atoms with van der Waals surface area (Å²) in [7, 11) is 0. The summed E-state index contributed by atoms with van der Waals surface area (Å²) in [5.41, 5.74) is 1.88. The van der Waals surface area contributed by atoms with Crippen LogP contribution in [0.2, 0.25) is 0 Å². The number of piperazine rings is 1. The van der Waals surface area contributed by atoms with E-state index in [9.17, 15) is 0 Å². The van der Waals surface area contributed by atoms with Crippen molar-refractivity contribution in [3.63, 3.8) is 0 Å². The van der Waals surface area contributed by atoms with Crippen LogP contribution in [0, 0.1) is 6.92 Å². The number of anilines is 1. The van der Waals surface area contributed by atoms with E-state index >= 15 is 0 Å². The molecular weight excluding hydrogens is 402 g/mol. The summed E-state index contributed by atoms with van der Waals surface area (Å²) in [4.78, 5) is 18.0. The molecule has 162 valence electrons. The van der Waals surface area contributed by atoms with Gasteiger partial charge in [-0.2, -0.15) is 0 Å². The number of hydrogen-bond acceptors (Lipinski definition) is 7. The average Bonchev–Trinajstić information content (AvgIpc) is 3.21. The summed E-state index contributed by atoms with van der Waals surface area (Å²) in [6.07, 6.45) is 5.26. The van der Waals surface area contributed by atoms with Gasteiger partial charge in [-0.15, -0.1) is 0 Å². The first-order valence-corrected chi connectivity index (χ1v) is 10.8. The monoisotopic (exact) mass is 427 g/mol. The van der Waals surface area contributed by atoms with Crippen molar-refractivity contribution in [2.45, 2.75) is 13.5 Å². The Morgan fingerprint density at radius 1 is 0.938 bits per heavy atom. The van der Waals surface area contributed by atoms with Gasteiger partial charge < -0.3 is 14.1 Å². The van der Waals surface area contributed by atoms with Crippen LogP contribution in [-0.2, 0) is 6.54 Å². The zero-order chi connectivity index (χ0) is 21.8. The first-order valence-electron chi connectivity index (χ1n) is 10.8. The predicted octanol–water partition coefficient (Wildman–Crippen LogP) is 4.55. The van der Waals surface area contributed by atoms with Crippen molar-refractivity contribution in [2.75, 3.05) is 31.1 Å². The van der Waals surface area contributed by atoms with Crippen LogP contribution in [-0.4, -0.2) is 46.0 Å². The van der Waals surface area contributed by atoms with Crippen molar-refractivity contribution in [2.24, 2.45) is 0 Å². The molecule has 0 aliphatic carbocycles. The van der Waals surface area contributed by atoms with Gasteiger partial charge in [-0.1, -0.05) is 24.3 Å². The standard InChI is InChI=1S/C25H25N5O2/c1-19-23(18-29-12-14-30(15-13-29)24-17-26-10-11-27-24)28-25(31-19)20-6-5-9-22(16-20)32-21-7-3-2-4-8-21/h2-11,16-17H,12-15,18H2,1H3. The van der Waals surface area contributed by atoms with Crippen LogP contribution in [0.5, 0.6) is 11.5 Å². The van der Waals surface area contributed by atoms with Gasteiger partial charge in [-0.25, -0.2) is 9.97 Å². The molecule has 1 aliphatic heterocycles. The maximum absolute atomic E-state index is 6.02. The van der Waals surface area contributed by atoms with E-state index in [4.69, 9.17) is 14.1 Å². The first kappa shape index (κ1) is 20.2.